The molecule has 0 amide bonds. The molecular weight excluding hydrogens is 198 g/mol. The lowest BCUT2D eigenvalue weighted by Gasteiger charge is -1.96. The molecule has 2 rings (SSSR count). The monoisotopic (exact) mass is 209 g/mol. The lowest BCUT2D eigenvalue weighted by Crippen LogP contribution is -2.03. The van der Waals surface area contributed by atoms with Crippen molar-refractivity contribution in [3.8, 4) is 10.4 Å². The molecule has 2 aromatic heterocycles. The minimum atomic E-state index is -0.0195. The van der Waals surface area contributed by atoms with Gasteiger partial charge in [-0.2, -0.15) is 0 Å². The molecule has 0 aromatic carbocycles. The smallest absolute Gasteiger partial charge is 0.142 e. The predicted octanol–water partition coefficient (Wildman–Crippen LogP) is 2.13. The fourth-order valence-electron chi connectivity index (χ4n) is 1.16. The summed E-state index contributed by atoms with van der Waals surface area (Å²) in [5.41, 5.74) is 6.72. The number of aromatic nitrogens is 2. The van der Waals surface area contributed by atoms with Crippen molar-refractivity contribution >= 4 is 11.3 Å². The summed E-state index contributed by atoms with van der Waals surface area (Å²) in [6, 6.07) is -0.0195. The highest BCUT2D eigenvalue weighted by atomic mass is 32.1. The topological polar surface area (TPSA) is 64.9 Å². The van der Waals surface area contributed by atoms with E-state index >= 15 is 0 Å². The Hall–Kier alpha value is -1.20. The molecule has 2 heterocycles. The van der Waals surface area contributed by atoms with Crippen LogP contribution in [0.4, 0.5) is 0 Å². The number of nitrogens with zero attached hydrogens (tertiary/aromatic N) is 2. The van der Waals surface area contributed by atoms with Gasteiger partial charge in [0, 0.05) is 6.20 Å². The van der Waals surface area contributed by atoms with E-state index in [1.165, 1.54) is 0 Å². The zero-order valence-corrected chi connectivity index (χ0v) is 8.84. The van der Waals surface area contributed by atoms with Gasteiger partial charge in [-0.1, -0.05) is 5.16 Å². The standard InChI is InChI=1S/C9H11N3OS/c1-5(10)9-11-4-8(14-9)7-3-12-13-6(7)2/h3-5H,10H2,1-2H3. The Morgan fingerprint density at radius 1 is 1.50 bits per heavy atom. The van der Waals surface area contributed by atoms with Crippen LogP contribution in [-0.2, 0) is 0 Å². The molecular formula is C9H11N3OS. The van der Waals surface area contributed by atoms with Gasteiger partial charge in [-0.05, 0) is 13.8 Å². The van der Waals surface area contributed by atoms with E-state index < -0.39 is 0 Å². The zero-order chi connectivity index (χ0) is 10.1. The highest BCUT2D eigenvalue weighted by molar-refractivity contribution is 7.15. The van der Waals surface area contributed by atoms with Crippen molar-refractivity contribution < 1.29 is 4.52 Å². The molecule has 0 aliphatic heterocycles. The highest BCUT2D eigenvalue weighted by Crippen LogP contribution is 2.30. The Bertz CT molecular complexity index is 433. The maximum Gasteiger partial charge on any atom is 0.142 e. The summed E-state index contributed by atoms with van der Waals surface area (Å²) >= 11 is 1.58. The molecule has 0 spiro atoms. The second kappa shape index (κ2) is 3.51. The van der Waals surface area contributed by atoms with Crippen LogP contribution in [0.3, 0.4) is 0 Å². The molecule has 0 saturated carbocycles. The molecule has 0 saturated heterocycles. The van der Waals surface area contributed by atoms with Gasteiger partial charge in [0.2, 0.25) is 0 Å². The van der Waals surface area contributed by atoms with Crippen molar-refractivity contribution in [2.75, 3.05) is 0 Å². The van der Waals surface area contributed by atoms with Gasteiger partial charge >= 0.3 is 0 Å². The number of hydrogen-bond donors (Lipinski definition) is 1. The summed E-state index contributed by atoms with van der Waals surface area (Å²) in [6.07, 6.45) is 3.51. The largest absolute Gasteiger partial charge is 0.361 e. The average Bonchev–Trinajstić information content (AvgIpc) is 2.71. The van der Waals surface area contributed by atoms with Crippen LogP contribution in [0.25, 0.3) is 10.4 Å². The zero-order valence-electron chi connectivity index (χ0n) is 8.02. The van der Waals surface area contributed by atoms with Crippen LogP contribution in [0.1, 0.15) is 23.7 Å². The average molecular weight is 209 g/mol. The van der Waals surface area contributed by atoms with E-state index in [0.29, 0.717) is 0 Å². The van der Waals surface area contributed by atoms with E-state index in [4.69, 9.17) is 10.3 Å². The summed E-state index contributed by atoms with van der Waals surface area (Å²) in [5.74, 6) is 0.810. The van der Waals surface area contributed by atoms with Crippen LogP contribution in [0.2, 0.25) is 0 Å². The predicted molar refractivity (Wildman–Crippen MR) is 55.0 cm³/mol. The fourth-order valence-corrected chi connectivity index (χ4v) is 2.09. The van der Waals surface area contributed by atoms with Gasteiger partial charge in [-0.15, -0.1) is 11.3 Å². The third kappa shape index (κ3) is 1.56. The molecule has 14 heavy (non-hydrogen) atoms. The molecule has 1 unspecified atom stereocenters. The third-order valence-electron chi connectivity index (χ3n) is 1.93. The minimum absolute atomic E-state index is 0.0195. The highest BCUT2D eigenvalue weighted by Gasteiger charge is 2.11. The molecule has 74 valence electrons. The van der Waals surface area contributed by atoms with Crippen molar-refractivity contribution in [1.82, 2.24) is 10.1 Å². The summed E-state index contributed by atoms with van der Waals surface area (Å²) in [6.45, 7) is 3.80. The Balaban J connectivity index is 2.39. The van der Waals surface area contributed by atoms with Gasteiger partial charge in [0.25, 0.3) is 0 Å². The molecule has 0 aliphatic carbocycles. The summed E-state index contributed by atoms with van der Waals surface area (Å²) in [5, 5.41) is 4.66. The van der Waals surface area contributed by atoms with Gasteiger partial charge in [-0.25, -0.2) is 4.98 Å². The van der Waals surface area contributed by atoms with Crippen LogP contribution in [0.15, 0.2) is 16.9 Å². The Labute approximate surface area is 85.7 Å². The van der Waals surface area contributed by atoms with Gasteiger partial charge in [0.05, 0.1) is 22.7 Å². The molecule has 0 fully saturated rings. The van der Waals surface area contributed by atoms with Crippen molar-refractivity contribution in [2.45, 2.75) is 19.9 Å². The Kier molecular flexibility index (Phi) is 2.35. The van der Waals surface area contributed by atoms with Crippen molar-refractivity contribution in [3.63, 3.8) is 0 Å². The van der Waals surface area contributed by atoms with Crippen molar-refractivity contribution in [2.24, 2.45) is 5.73 Å². The molecule has 2 aromatic rings. The maximum atomic E-state index is 5.73. The maximum absolute atomic E-state index is 5.73. The van der Waals surface area contributed by atoms with Gasteiger partial charge in [0.1, 0.15) is 10.8 Å². The van der Waals surface area contributed by atoms with Crippen LogP contribution >= 0.6 is 11.3 Å². The van der Waals surface area contributed by atoms with Crippen LogP contribution in [0, 0.1) is 6.92 Å². The normalized spacial score (nSPS) is 13.1. The first-order valence-corrected chi connectivity index (χ1v) is 5.13. The Morgan fingerprint density at radius 3 is 2.79 bits per heavy atom. The van der Waals surface area contributed by atoms with Crippen LogP contribution in [-0.4, -0.2) is 10.1 Å². The first-order chi connectivity index (χ1) is 6.68. The minimum Gasteiger partial charge on any atom is -0.361 e. The van der Waals surface area contributed by atoms with E-state index in [1.807, 2.05) is 20.0 Å². The second-order valence-corrected chi connectivity index (χ2v) is 4.21. The van der Waals surface area contributed by atoms with Crippen LogP contribution in [0.5, 0.6) is 0 Å². The van der Waals surface area contributed by atoms with E-state index in [2.05, 4.69) is 10.1 Å². The molecule has 0 bridgehead atoms. The Morgan fingerprint density at radius 2 is 2.29 bits per heavy atom. The molecule has 0 aliphatic rings. The lowest BCUT2D eigenvalue weighted by molar-refractivity contribution is 0.398. The number of thiazole rings is 1. The van der Waals surface area contributed by atoms with Crippen LogP contribution < -0.4 is 5.73 Å². The first-order valence-electron chi connectivity index (χ1n) is 4.31. The summed E-state index contributed by atoms with van der Waals surface area (Å²) in [7, 11) is 0. The van der Waals surface area contributed by atoms with Gasteiger partial charge in [-0.3, -0.25) is 0 Å². The SMILES string of the molecule is Cc1oncc1-c1cnc(C(C)N)s1. The van der Waals surface area contributed by atoms with Crippen molar-refractivity contribution in [3.05, 3.63) is 23.2 Å². The van der Waals surface area contributed by atoms with Crippen molar-refractivity contribution in [1.29, 1.82) is 0 Å². The second-order valence-electron chi connectivity index (χ2n) is 3.15. The molecule has 5 heteroatoms. The lowest BCUT2D eigenvalue weighted by atomic mass is 10.2. The molecule has 2 N–H and O–H groups in total. The van der Waals surface area contributed by atoms with Gasteiger partial charge < -0.3 is 10.3 Å². The van der Waals surface area contributed by atoms with Gasteiger partial charge in [0.15, 0.2) is 0 Å². The number of hydrogen-bond acceptors (Lipinski definition) is 5. The first kappa shape index (κ1) is 9.36. The van der Waals surface area contributed by atoms with E-state index in [1.54, 1.807) is 17.5 Å². The summed E-state index contributed by atoms with van der Waals surface area (Å²) in [4.78, 5) is 5.29. The summed E-state index contributed by atoms with van der Waals surface area (Å²) < 4.78 is 4.99. The molecule has 0 radical (unpaired) electrons. The molecule has 4 nitrogen and oxygen atoms in total. The van der Waals surface area contributed by atoms with E-state index in [9.17, 15) is 0 Å². The molecule has 1 atom stereocenters. The number of rotatable bonds is 2. The number of aryl methyl sites for hydroxylation is 1. The number of nitrogens with two attached hydrogens (primary N) is 1. The quantitative estimate of drug-likeness (QED) is 0.822. The third-order valence-corrected chi connectivity index (χ3v) is 3.16. The van der Waals surface area contributed by atoms with E-state index in [0.717, 1.165) is 21.2 Å². The fraction of sp³-hybridized carbons (Fsp3) is 0.333. The van der Waals surface area contributed by atoms with E-state index in [-0.39, 0.29) is 6.04 Å².